The Morgan fingerprint density at radius 2 is 1.78 bits per heavy atom. The molecular weight excluding hydrogens is 218 g/mol. The lowest BCUT2D eigenvalue weighted by Crippen LogP contribution is -2.29. The van der Waals surface area contributed by atoms with Crippen molar-refractivity contribution in [3.63, 3.8) is 0 Å². The molecule has 3 rings (SSSR count). The van der Waals surface area contributed by atoms with Crippen molar-refractivity contribution in [2.24, 2.45) is 41.2 Å². The summed E-state index contributed by atoms with van der Waals surface area (Å²) in [5.74, 6) is 6.16. The molecule has 1 heteroatoms. The van der Waals surface area contributed by atoms with Crippen LogP contribution < -0.4 is 5.73 Å². The summed E-state index contributed by atoms with van der Waals surface area (Å²) >= 11 is 0. The van der Waals surface area contributed by atoms with Crippen molar-refractivity contribution in [1.82, 2.24) is 0 Å². The van der Waals surface area contributed by atoms with Crippen molar-refractivity contribution in [1.29, 1.82) is 0 Å². The first-order valence-corrected chi connectivity index (χ1v) is 8.51. The summed E-state index contributed by atoms with van der Waals surface area (Å²) in [6, 6.07) is 0.533. The monoisotopic (exact) mass is 249 g/mol. The van der Waals surface area contributed by atoms with Gasteiger partial charge in [0.2, 0.25) is 0 Å². The fourth-order valence-electron chi connectivity index (χ4n) is 5.49. The molecule has 3 saturated carbocycles. The average Bonchev–Trinajstić information content (AvgIpc) is 2.83. The summed E-state index contributed by atoms with van der Waals surface area (Å²) in [5.41, 5.74) is 6.57. The smallest absolute Gasteiger partial charge is 0.00755 e. The first kappa shape index (κ1) is 13.0. The topological polar surface area (TPSA) is 26.0 Å². The van der Waals surface area contributed by atoms with Crippen LogP contribution in [0, 0.1) is 35.5 Å². The minimum atomic E-state index is 0.533. The van der Waals surface area contributed by atoms with Crippen LogP contribution >= 0.6 is 0 Å². The number of rotatable bonds is 7. The van der Waals surface area contributed by atoms with Gasteiger partial charge in [-0.2, -0.15) is 0 Å². The predicted octanol–water partition coefficient (Wildman–Crippen LogP) is 4.21. The second-order valence-corrected chi connectivity index (χ2v) is 7.38. The molecule has 0 radical (unpaired) electrons. The zero-order valence-corrected chi connectivity index (χ0v) is 12.3. The normalized spacial score (nSPS) is 43.8. The summed E-state index contributed by atoms with van der Waals surface area (Å²) < 4.78 is 0. The maximum absolute atomic E-state index is 6.57. The Morgan fingerprint density at radius 1 is 1.11 bits per heavy atom. The Hall–Kier alpha value is -0.0400. The van der Waals surface area contributed by atoms with Crippen molar-refractivity contribution in [2.45, 2.75) is 71.3 Å². The molecule has 0 saturated heterocycles. The Balaban J connectivity index is 1.49. The summed E-state index contributed by atoms with van der Waals surface area (Å²) in [7, 11) is 0. The van der Waals surface area contributed by atoms with E-state index in [1.807, 2.05) is 0 Å². The van der Waals surface area contributed by atoms with Gasteiger partial charge >= 0.3 is 0 Å². The van der Waals surface area contributed by atoms with Crippen LogP contribution in [0.15, 0.2) is 0 Å². The van der Waals surface area contributed by atoms with Gasteiger partial charge in [0.25, 0.3) is 0 Å². The molecule has 104 valence electrons. The number of unbranched alkanes of at least 4 members (excludes halogenated alkanes) is 1. The van der Waals surface area contributed by atoms with Crippen LogP contribution in [-0.4, -0.2) is 6.04 Å². The van der Waals surface area contributed by atoms with Gasteiger partial charge in [-0.1, -0.05) is 39.5 Å². The maximum Gasteiger partial charge on any atom is 0.00755 e. The first-order valence-electron chi connectivity index (χ1n) is 8.51. The molecule has 0 aromatic heterocycles. The molecule has 3 aliphatic carbocycles. The third-order valence-electron chi connectivity index (χ3n) is 6.44. The van der Waals surface area contributed by atoms with Gasteiger partial charge in [-0.05, 0) is 61.2 Å². The summed E-state index contributed by atoms with van der Waals surface area (Å²) in [6.07, 6.45) is 11.4. The van der Waals surface area contributed by atoms with E-state index in [0.717, 1.165) is 35.5 Å². The minimum absolute atomic E-state index is 0.533. The van der Waals surface area contributed by atoms with Crippen molar-refractivity contribution in [3.8, 4) is 0 Å². The van der Waals surface area contributed by atoms with Gasteiger partial charge in [0.1, 0.15) is 0 Å². The highest BCUT2D eigenvalue weighted by Gasteiger charge is 2.66. The van der Waals surface area contributed by atoms with Crippen LogP contribution in [-0.2, 0) is 0 Å². The second-order valence-electron chi connectivity index (χ2n) is 7.38. The van der Waals surface area contributed by atoms with Crippen LogP contribution in [0.25, 0.3) is 0 Å². The number of fused-ring (bicyclic) bond motifs is 5. The van der Waals surface area contributed by atoms with E-state index in [0.29, 0.717) is 6.04 Å². The maximum atomic E-state index is 6.57. The van der Waals surface area contributed by atoms with E-state index in [2.05, 4.69) is 13.8 Å². The molecule has 0 spiro atoms. The van der Waals surface area contributed by atoms with Crippen LogP contribution in [0.3, 0.4) is 0 Å². The molecule has 1 nitrogen and oxygen atoms in total. The standard InChI is InChI=1S/C17H31N/c1-3-5-6-11(4-2)9-14(18)17-15-12-7-8-13(10-12)16(15)17/h11-17H,3-10,18H2,1-2H3. The number of hydrogen-bond donors (Lipinski definition) is 1. The van der Waals surface area contributed by atoms with E-state index in [1.165, 1.54) is 44.9 Å². The fourth-order valence-corrected chi connectivity index (χ4v) is 5.49. The summed E-state index contributed by atoms with van der Waals surface area (Å²) in [4.78, 5) is 0. The lowest BCUT2D eigenvalue weighted by molar-refractivity contribution is 0.328. The lowest BCUT2D eigenvalue weighted by Gasteiger charge is -2.22. The molecule has 0 aromatic carbocycles. The van der Waals surface area contributed by atoms with Gasteiger partial charge in [0, 0.05) is 6.04 Å². The van der Waals surface area contributed by atoms with Gasteiger partial charge in [0.15, 0.2) is 0 Å². The van der Waals surface area contributed by atoms with Crippen molar-refractivity contribution in [2.75, 3.05) is 0 Å². The van der Waals surface area contributed by atoms with E-state index in [9.17, 15) is 0 Å². The van der Waals surface area contributed by atoms with Crippen molar-refractivity contribution >= 4 is 0 Å². The third kappa shape index (κ3) is 2.13. The van der Waals surface area contributed by atoms with E-state index < -0.39 is 0 Å². The van der Waals surface area contributed by atoms with E-state index in [1.54, 1.807) is 6.42 Å². The molecule has 0 aromatic rings. The Labute approximate surface area is 113 Å². The predicted molar refractivity (Wildman–Crippen MR) is 77.2 cm³/mol. The first-order chi connectivity index (χ1) is 8.76. The third-order valence-corrected chi connectivity index (χ3v) is 6.44. The molecular formula is C17H31N. The molecule has 0 aliphatic heterocycles. The molecule has 0 heterocycles. The molecule has 6 unspecified atom stereocenters. The van der Waals surface area contributed by atoms with Crippen LogP contribution in [0.4, 0.5) is 0 Å². The van der Waals surface area contributed by atoms with Gasteiger partial charge < -0.3 is 5.73 Å². The van der Waals surface area contributed by atoms with E-state index >= 15 is 0 Å². The van der Waals surface area contributed by atoms with Gasteiger partial charge in [0.05, 0.1) is 0 Å². The highest BCUT2D eigenvalue weighted by Crippen LogP contribution is 2.70. The van der Waals surface area contributed by atoms with E-state index in [4.69, 9.17) is 5.73 Å². The average molecular weight is 249 g/mol. The zero-order chi connectivity index (χ0) is 12.7. The minimum Gasteiger partial charge on any atom is -0.327 e. The zero-order valence-electron chi connectivity index (χ0n) is 12.3. The SMILES string of the molecule is CCCCC(CC)CC(N)C1C2C3CCC(C3)C12. The molecule has 3 fully saturated rings. The van der Waals surface area contributed by atoms with E-state index in [-0.39, 0.29) is 0 Å². The molecule has 18 heavy (non-hydrogen) atoms. The molecule has 2 bridgehead atoms. The van der Waals surface area contributed by atoms with Crippen molar-refractivity contribution < 1.29 is 0 Å². The number of hydrogen-bond acceptors (Lipinski definition) is 1. The van der Waals surface area contributed by atoms with Gasteiger partial charge in [-0.3, -0.25) is 0 Å². The molecule has 0 amide bonds. The Morgan fingerprint density at radius 3 is 2.33 bits per heavy atom. The number of nitrogens with two attached hydrogens (primary N) is 1. The summed E-state index contributed by atoms with van der Waals surface area (Å²) in [6.45, 7) is 4.65. The molecule has 6 atom stereocenters. The molecule has 3 aliphatic rings. The lowest BCUT2D eigenvalue weighted by atomic mass is 9.87. The quantitative estimate of drug-likeness (QED) is 0.718. The van der Waals surface area contributed by atoms with Gasteiger partial charge in [-0.15, -0.1) is 0 Å². The van der Waals surface area contributed by atoms with Crippen LogP contribution in [0.5, 0.6) is 0 Å². The Bertz CT molecular complexity index is 271. The second kappa shape index (κ2) is 5.15. The fraction of sp³-hybridized carbons (Fsp3) is 1.00. The highest BCUT2D eigenvalue weighted by atomic mass is 14.8. The highest BCUT2D eigenvalue weighted by molar-refractivity contribution is 5.15. The summed E-state index contributed by atoms with van der Waals surface area (Å²) in [5, 5.41) is 0. The van der Waals surface area contributed by atoms with Gasteiger partial charge in [-0.25, -0.2) is 0 Å². The van der Waals surface area contributed by atoms with Crippen LogP contribution in [0.2, 0.25) is 0 Å². The largest absolute Gasteiger partial charge is 0.327 e. The van der Waals surface area contributed by atoms with Crippen molar-refractivity contribution in [3.05, 3.63) is 0 Å². The molecule has 2 N–H and O–H groups in total. The Kier molecular flexibility index (Phi) is 3.71. The van der Waals surface area contributed by atoms with Crippen LogP contribution in [0.1, 0.15) is 65.2 Å².